The summed E-state index contributed by atoms with van der Waals surface area (Å²) in [5.41, 5.74) is 0. The van der Waals surface area contributed by atoms with Crippen molar-refractivity contribution in [3.05, 3.63) is 0 Å². The van der Waals surface area contributed by atoms with Crippen molar-refractivity contribution in [1.82, 2.24) is 10.0 Å². The molecule has 0 unspecified atom stereocenters. The zero-order chi connectivity index (χ0) is 9.45. The van der Waals surface area contributed by atoms with Gasteiger partial charge in [-0.2, -0.15) is 0 Å². The Hall–Kier alpha value is -0.130. The van der Waals surface area contributed by atoms with Gasteiger partial charge in [0.25, 0.3) is 0 Å². The third-order valence-electron chi connectivity index (χ3n) is 1.37. The van der Waals surface area contributed by atoms with E-state index >= 15 is 0 Å². The molecular formula is C7H18N2O2S. The molecule has 0 aliphatic rings. The minimum absolute atomic E-state index is 0.475. The molecule has 0 aliphatic carbocycles. The first kappa shape index (κ1) is 11.9. The van der Waals surface area contributed by atoms with E-state index in [0.29, 0.717) is 13.1 Å². The van der Waals surface area contributed by atoms with E-state index in [1.165, 1.54) is 6.26 Å². The fourth-order valence-corrected chi connectivity index (χ4v) is 1.22. The van der Waals surface area contributed by atoms with Gasteiger partial charge in [0.1, 0.15) is 0 Å². The molecule has 0 aromatic carbocycles. The minimum Gasteiger partial charge on any atom is -0.315 e. The lowest BCUT2D eigenvalue weighted by Gasteiger charge is -2.03. The van der Waals surface area contributed by atoms with Crippen LogP contribution in [-0.4, -0.2) is 34.3 Å². The first-order chi connectivity index (χ1) is 5.56. The molecule has 2 N–H and O–H groups in total. The van der Waals surface area contributed by atoms with Crippen LogP contribution in [0.1, 0.15) is 19.8 Å². The Bertz CT molecular complexity index is 190. The van der Waals surface area contributed by atoms with Gasteiger partial charge in [-0.15, -0.1) is 0 Å². The number of nitrogens with one attached hydrogen (secondary N) is 2. The zero-order valence-corrected chi connectivity index (χ0v) is 8.58. The summed E-state index contributed by atoms with van der Waals surface area (Å²) in [6, 6.07) is 0. The van der Waals surface area contributed by atoms with E-state index in [9.17, 15) is 8.42 Å². The van der Waals surface area contributed by atoms with E-state index in [0.717, 1.165) is 19.4 Å². The second-order valence-corrected chi connectivity index (χ2v) is 4.60. The molecule has 0 aromatic heterocycles. The standard InChI is InChI=1S/C7H18N2O2S/c1-3-4-5-8-6-7-9-12(2,10)11/h8-9H,3-7H2,1-2H3. The molecule has 0 amide bonds. The Morgan fingerprint density at radius 2 is 1.83 bits per heavy atom. The molecular weight excluding hydrogens is 176 g/mol. The van der Waals surface area contributed by atoms with Gasteiger partial charge >= 0.3 is 0 Å². The molecule has 4 nitrogen and oxygen atoms in total. The van der Waals surface area contributed by atoms with Crippen LogP contribution >= 0.6 is 0 Å². The van der Waals surface area contributed by atoms with E-state index in [1.54, 1.807) is 0 Å². The van der Waals surface area contributed by atoms with E-state index in [-0.39, 0.29) is 0 Å². The van der Waals surface area contributed by atoms with E-state index < -0.39 is 10.0 Å². The second kappa shape index (κ2) is 6.39. The molecule has 0 fully saturated rings. The predicted octanol–water partition coefficient (Wildman–Crippen LogP) is -0.0747. The highest BCUT2D eigenvalue weighted by Crippen LogP contribution is 1.81. The van der Waals surface area contributed by atoms with Gasteiger partial charge in [0.15, 0.2) is 0 Å². The van der Waals surface area contributed by atoms with Crippen molar-refractivity contribution < 1.29 is 8.42 Å². The first-order valence-corrected chi connectivity index (χ1v) is 6.10. The Morgan fingerprint density at radius 1 is 1.17 bits per heavy atom. The Morgan fingerprint density at radius 3 is 2.33 bits per heavy atom. The number of hydrogen-bond acceptors (Lipinski definition) is 3. The van der Waals surface area contributed by atoms with Crippen molar-refractivity contribution >= 4 is 10.0 Å². The average Bonchev–Trinajstić information content (AvgIpc) is 1.94. The van der Waals surface area contributed by atoms with Crippen molar-refractivity contribution in [2.75, 3.05) is 25.9 Å². The number of sulfonamides is 1. The topological polar surface area (TPSA) is 58.2 Å². The van der Waals surface area contributed by atoms with Gasteiger partial charge in [-0.05, 0) is 13.0 Å². The highest BCUT2D eigenvalue weighted by molar-refractivity contribution is 7.88. The van der Waals surface area contributed by atoms with E-state index in [4.69, 9.17) is 0 Å². The molecule has 5 heteroatoms. The quantitative estimate of drug-likeness (QED) is 0.558. The van der Waals surface area contributed by atoms with Gasteiger partial charge in [0.2, 0.25) is 10.0 Å². The van der Waals surface area contributed by atoms with Crippen molar-refractivity contribution in [3.63, 3.8) is 0 Å². The van der Waals surface area contributed by atoms with Crippen LogP contribution in [0.4, 0.5) is 0 Å². The molecule has 0 saturated heterocycles. The second-order valence-electron chi connectivity index (χ2n) is 2.77. The summed E-state index contributed by atoms with van der Waals surface area (Å²) in [4.78, 5) is 0. The van der Waals surface area contributed by atoms with Crippen LogP contribution in [0.15, 0.2) is 0 Å². The van der Waals surface area contributed by atoms with Crippen LogP contribution in [-0.2, 0) is 10.0 Å². The van der Waals surface area contributed by atoms with Gasteiger partial charge in [0.05, 0.1) is 6.26 Å². The summed E-state index contributed by atoms with van der Waals surface area (Å²) in [6.07, 6.45) is 3.46. The van der Waals surface area contributed by atoms with Crippen molar-refractivity contribution in [1.29, 1.82) is 0 Å². The van der Waals surface area contributed by atoms with E-state index in [1.807, 2.05) is 0 Å². The average molecular weight is 194 g/mol. The summed E-state index contributed by atoms with van der Waals surface area (Å²) in [6.45, 7) is 4.26. The molecule has 0 atom stereocenters. The molecule has 0 bridgehead atoms. The van der Waals surface area contributed by atoms with Crippen LogP contribution in [0.2, 0.25) is 0 Å². The molecule has 0 radical (unpaired) electrons. The van der Waals surface area contributed by atoms with Crippen LogP contribution in [0.25, 0.3) is 0 Å². The Labute approximate surface area is 74.8 Å². The highest BCUT2D eigenvalue weighted by Gasteiger charge is 1.97. The molecule has 74 valence electrons. The van der Waals surface area contributed by atoms with Gasteiger partial charge < -0.3 is 5.32 Å². The van der Waals surface area contributed by atoms with Gasteiger partial charge in [-0.1, -0.05) is 13.3 Å². The van der Waals surface area contributed by atoms with Crippen LogP contribution in [0.5, 0.6) is 0 Å². The van der Waals surface area contributed by atoms with Crippen molar-refractivity contribution in [3.8, 4) is 0 Å². The maximum absolute atomic E-state index is 10.6. The smallest absolute Gasteiger partial charge is 0.208 e. The Kier molecular flexibility index (Phi) is 6.32. The fraction of sp³-hybridized carbons (Fsp3) is 1.00. The number of rotatable bonds is 7. The number of hydrogen-bond donors (Lipinski definition) is 2. The van der Waals surface area contributed by atoms with Gasteiger partial charge in [-0.25, -0.2) is 13.1 Å². The van der Waals surface area contributed by atoms with Crippen LogP contribution < -0.4 is 10.0 Å². The van der Waals surface area contributed by atoms with Crippen LogP contribution in [0.3, 0.4) is 0 Å². The SMILES string of the molecule is CCCCNCCNS(C)(=O)=O. The highest BCUT2D eigenvalue weighted by atomic mass is 32.2. The van der Waals surface area contributed by atoms with Crippen LogP contribution in [0, 0.1) is 0 Å². The van der Waals surface area contributed by atoms with Gasteiger partial charge in [-0.3, -0.25) is 0 Å². The predicted molar refractivity (Wildman–Crippen MR) is 50.6 cm³/mol. The maximum Gasteiger partial charge on any atom is 0.208 e. The molecule has 0 aromatic rings. The summed E-state index contributed by atoms with van der Waals surface area (Å²) < 4.78 is 23.6. The summed E-state index contributed by atoms with van der Waals surface area (Å²) in [7, 11) is -3.01. The van der Waals surface area contributed by atoms with Gasteiger partial charge in [0, 0.05) is 13.1 Å². The third-order valence-corrected chi connectivity index (χ3v) is 2.10. The zero-order valence-electron chi connectivity index (χ0n) is 7.76. The largest absolute Gasteiger partial charge is 0.315 e. The molecule has 0 spiro atoms. The lowest BCUT2D eigenvalue weighted by atomic mass is 10.3. The maximum atomic E-state index is 10.6. The first-order valence-electron chi connectivity index (χ1n) is 4.21. The molecule has 0 rings (SSSR count). The Balaban J connectivity index is 3.12. The van der Waals surface area contributed by atoms with Crippen molar-refractivity contribution in [2.24, 2.45) is 0 Å². The number of unbranched alkanes of at least 4 members (excludes halogenated alkanes) is 1. The lowest BCUT2D eigenvalue weighted by molar-refractivity contribution is 0.579. The normalized spacial score (nSPS) is 11.8. The molecule has 12 heavy (non-hydrogen) atoms. The molecule has 0 heterocycles. The summed E-state index contributed by atoms with van der Waals surface area (Å²) >= 11 is 0. The summed E-state index contributed by atoms with van der Waals surface area (Å²) in [5, 5.41) is 3.13. The molecule has 0 aliphatic heterocycles. The third kappa shape index (κ3) is 9.87. The lowest BCUT2D eigenvalue weighted by Crippen LogP contribution is -2.31. The molecule has 0 saturated carbocycles. The fourth-order valence-electron chi connectivity index (χ4n) is 0.752. The van der Waals surface area contributed by atoms with E-state index in [2.05, 4.69) is 17.0 Å². The summed E-state index contributed by atoms with van der Waals surface area (Å²) in [5.74, 6) is 0. The minimum atomic E-state index is -3.01. The van der Waals surface area contributed by atoms with Crippen molar-refractivity contribution in [2.45, 2.75) is 19.8 Å². The monoisotopic (exact) mass is 194 g/mol.